The lowest BCUT2D eigenvalue weighted by Gasteiger charge is -2.36. The number of carbonyl (C=O) groups is 1. The first-order chi connectivity index (χ1) is 14.6. The summed E-state index contributed by atoms with van der Waals surface area (Å²) in [6.45, 7) is 8.20. The minimum Gasteiger partial charge on any atom is -0.380 e. The number of nitrogens with zero attached hydrogens (tertiary/aromatic N) is 4. The van der Waals surface area contributed by atoms with E-state index in [1.54, 1.807) is 10.9 Å². The monoisotopic (exact) mass is 426 g/mol. The van der Waals surface area contributed by atoms with Crippen LogP contribution in [0.15, 0.2) is 41.5 Å². The van der Waals surface area contributed by atoms with Crippen molar-refractivity contribution in [3.63, 3.8) is 0 Å². The number of aromatic nitrogens is 2. The van der Waals surface area contributed by atoms with E-state index in [9.17, 15) is 9.59 Å². The molecule has 3 heterocycles. The number of para-hydroxylation sites is 1. The second-order valence-electron chi connectivity index (χ2n) is 7.29. The molecule has 8 heteroatoms. The van der Waals surface area contributed by atoms with Gasteiger partial charge in [0.25, 0.3) is 11.5 Å². The third-order valence-electron chi connectivity index (χ3n) is 5.48. The number of carbonyl (C=O) groups excluding carboxylic acids is 1. The maximum Gasteiger partial charge on any atom is 0.264 e. The number of hydrogen-bond acceptors (Lipinski definition) is 6. The number of piperazine rings is 1. The van der Waals surface area contributed by atoms with Gasteiger partial charge in [-0.3, -0.25) is 14.2 Å². The predicted octanol–water partition coefficient (Wildman–Crippen LogP) is 2.77. The topological polar surface area (TPSA) is 67.7 Å². The van der Waals surface area contributed by atoms with Crippen LogP contribution in [-0.4, -0.2) is 59.8 Å². The Morgan fingerprint density at radius 3 is 2.60 bits per heavy atom. The van der Waals surface area contributed by atoms with Gasteiger partial charge in [0, 0.05) is 38.5 Å². The number of rotatable bonds is 6. The number of benzene rings is 1. The molecular formula is C22H26N4O3S. The Labute approximate surface area is 179 Å². The zero-order valence-electron chi connectivity index (χ0n) is 17.3. The lowest BCUT2D eigenvalue weighted by molar-refractivity contribution is 0.0751. The van der Waals surface area contributed by atoms with Crippen molar-refractivity contribution >= 4 is 33.1 Å². The first-order valence-electron chi connectivity index (χ1n) is 10.3. The van der Waals surface area contributed by atoms with E-state index in [1.807, 2.05) is 36.9 Å². The van der Waals surface area contributed by atoms with E-state index in [1.165, 1.54) is 17.0 Å². The molecular weight excluding hydrogens is 400 g/mol. The Bertz CT molecular complexity index is 1080. The van der Waals surface area contributed by atoms with Crippen molar-refractivity contribution in [1.29, 1.82) is 0 Å². The number of hydrogen-bond donors (Lipinski definition) is 0. The molecule has 3 aromatic rings. The van der Waals surface area contributed by atoms with Crippen LogP contribution >= 0.6 is 11.3 Å². The maximum atomic E-state index is 13.2. The molecule has 0 aliphatic carbocycles. The second kappa shape index (κ2) is 8.97. The zero-order valence-corrected chi connectivity index (χ0v) is 18.2. The highest BCUT2D eigenvalue weighted by molar-refractivity contribution is 7.20. The third kappa shape index (κ3) is 3.97. The van der Waals surface area contributed by atoms with Crippen molar-refractivity contribution in [3.8, 4) is 0 Å². The van der Waals surface area contributed by atoms with Gasteiger partial charge in [-0.1, -0.05) is 18.2 Å². The Hall–Kier alpha value is -2.71. The smallest absolute Gasteiger partial charge is 0.264 e. The van der Waals surface area contributed by atoms with E-state index in [-0.39, 0.29) is 11.5 Å². The van der Waals surface area contributed by atoms with Gasteiger partial charge in [-0.25, -0.2) is 4.98 Å². The fourth-order valence-electron chi connectivity index (χ4n) is 3.78. The normalized spacial score (nSPS) is 14.5. The van der Waals surface area contributed by atoms with E-state index in [4.69, 9.17) is 4.74 Å². The van der Waals surface area contributed by atoms with Gasteiger partial charge in [0.05, 0.1) is 29.7 Å². The highest BCUT2D eigenvalue weighted by Crippen LogP contribution is 2.28. The molecule has 1 aliphatic heterocycles. The van der Waals surface area contributed by atoms with Crippen molar-refractivity contribution in [2.24, 2.45) is 0 Å². The lowest BCUT2D eigenvalue weighted by atomic mass is 10.2. The minimum absolute atomic E-state index is 0.0107. The molecule has 4 rings (SSSR count). The first-order valence-corrected chi connectivity index (χ1v) is 11.1. The molecule has 1 aliphatic rings. The second-order valence-corrected chi connectivity index (χ2v) is 8.29. The summed E-state index contributed by atoms with van der Waals surface area (Å²) in [5.74, 6) is -0.0107. The van der Waals surface area contributed by atoms with Gasteiger partial charge in [0.1, 0.15) is 4.83 Å². The molecule has 0 spiro atoms. The number of thiophene rings is 1. The van der Waals surface area contributed by atoms with E-state index < -0.39 is 0 Å². The molecule has 30 heavy (non-hydrogen) atoms. The number of ether oxygens (including phenoxy) is 1. The highest BCUT2D eigenvalue weighted by Gasteiger charge is 2.26. The predicted molar refractivity (Wildman–Crippen MR) is 120 cm³/mol. The van der Waals surface area contributed by atoms with Gasteiger partial charge in [0.15, 0.2) is 0 Å². The van der Waals surface area contributed by atoms with Crippen LogP contribution in [0, 0.1) is 6.92 Å². The molecule has 1 fully saturated rings. The summed E-state index contributed by atoms with van der Waals surface area (Å²) in [6.07, 6.45) is 1.55. The van der Waals surface area contributed by atoms with Crippen molar-refractivity contribution in [2.75, 3.05) is 44.3 Å². The van der Waals surface area contributed by atoms with Gasteiger partial charge in [-0.05, 0) is 31.5 Å². The average Bonchev–Trinajstić information content (AvgIpc) is 3.13. The van der Waals surface area contributed by atoms with Crippen LogP contribution in [0.1, 0.15) is 22.2 Å². The molecule has 158 valence electrons. The van der Waals surface area contributed by atoms with Crippen LogP contribution in [-0.2, 0) is 11.3 Å². The number of aryl methyl sites for hydroxylation is 1. The van der Waals surface area contributed by atoms with Crippen LogP contribution in [0.25, 0.3) is 10.2 Å². The summed E-state index contributed by atoms with van der Waals surface area (Å²) in [6, 6.07) is 10.3. The number of anilines is 1. The number of amides is 1. The SMILES string of the molecule is CCOCCn1cnc2sc(C(=O)N3CCN(c4ccccc4)CC3)c(C)c2c1=O. The molecule has 2 aromatic heterocycles. The zero-order chi connectivity index (χ0) is 21.1. The van der Waals surface area contributed by atoms with Crippen molar-refractivity contribution in [2.45, 2.75) is 20.4 Å². The fraction of sp³-hybridized carbons (Fsp3) is 0.409. The third-order valence-corrected chi connectivity index (χ3v) is 6.67. The van der Waals surface area contributed by atoms with Gasteiger partial charge < -0.3 is 14.5 Å². The molecule has 0 bridgehead atoms. The highest BCUT2D eigenvalue weighted by atomic mass is 32.1. The molecule has 1 aromatic carbocycles. The Kier molecular flexibility index (Phi) is 6.15. The van der Waals surface area contributed by atoms with Gasteiger partial charge in [-0.2, -0.15) is 0 Å². The van der Waals surface area contributed by atoms with Crippen LogP contribution in [0.5, 0.6) is 0 Å². The van der Waals surface area contributed by atoms with Crippen LogP contribution in [0.2, 0.25) is 0 Å². The lowest BCUT2D eigenvalue weighted by Crippen LogP contribution is -2.48. The van der Waals surface area contributed by atoms with Crippen molar-refractivity contribution < 1.29 is 9.53 Å². The standard InChI is InChI=1S/C22H26N4O3S/c1-3-29-14-13-26-15-23-20-18(21(26)27)16(2)19(30-20)22(28)25-11-9-24(10-12-25)17-7-5-4-6-8-17/h4-8,15H,3,9-14H2,1-2H3. The summed E-state index contributed by atoms with van der Waals surface area (Å²) < 4.78 is 6.91. The summed E-state index contributed by atoms with van der Waals surface area (Å²) in [5.41, 5.74) is 1.80. The van der Waals surface area contributed by atoms with Gasteiger partial charge >= 0.3 is 0 Å². The molecule has 0 atom stereocenters. The molecule has 0 radical (unpaired) electrons. The van der Waals surface area contributed by atoms with Crippen LogP contribution in [0.3, 0.4) is 0 Å². The summed E-state index contributed by atoms with van der Waals surface area (Å²) in [4.78, 5) is 35.9. The Morgan fingerprint density at radius 1 is 1.17 bits per heavy atom. The molecule has 0 N–H and O–H groups in total. The molecule has 7 nitrogen and oxygen atoms in total. The van der Waals surface area contributed by atoms with E-state index in [0.717, 1.165) is 18.7 Å². The van der Waals surface area contributed by atoms with Crippen LogP contribution in [0.4, 0.5) is 5.69 Å². The summed E-state index contributed by atoms with van der Waals surface area (Å²) in [5, 5.41) is 0.547. The molecule has 1 amide bonds. The van der Waals surface area contributed by atoms with E-state index >= 15 is 0 Å². The molecule has 0 unspecified atom stereocenters. The van der Waals surface area contributed by atoms with Crippen molar-refractivity contribution in [3.05, 3.63) is 57.5 Å². The quantitative estimate of drug-likeness (QED) is 0.567. The first kappa shape index (κ1) is 20.6. The maximum absolute atomic E-state index is 13.2. The molecule has 1 saturated heterocycles. The number of fused-ring (bicyclic) bond motifs is 1. The summed E-state index contributed by atoms with van der Waals surface area (Å²) in [7, 11) is 0. The van der Waals surface area contributed by atoms with Crippen LogP contribution < -0.4 is 10.5 Å². The molecule has 0 saturated carbocycles. The van der Waals surface area contributed by atoms with E-state index in [2.05, 4.69) is 22.0 Å². The van der Waals surface area contributed by atoms with Gasteiger partial charge in [0.2, 0.25) is 0 Å². The fourth-order valence-corrected chi connectivity index (χ4v) is 4.89. The minimum atomic E-state index is -0.110. The van der Waals surface area contributed by atoms with E-state index in [0.29, 0.717) is 47.9 Å². The average molecular weight is 427 g/mol. The Morgan fingerprint density at radius 2 is 1.90 bits per heavy atom. The summed E-state index contributed by atoms with van der Waals surface area (Å²) >= 11 is 1.31. The Balaban J connectivity index is 1.52. The largest absolute Gasteiger partial charge is 0.380 e. The van der Waals surface area contributed by atoms with Crippen molar-refractivity contribution in [1.82, 2.24) is 14.5 Å². The van der Waals surface area contributed by atoms with Gasteiger partial charge in [-0.15, -0.1) is 11.3 Å².